The molecular weight excluding hydrogens is 190 g/mol. The lowest BCUT2D eigenvalue weighted by Gasteiger charge is -2.45. The molecule has 1 fully saturated rings. The van der Waals surface area contributed by atoms with Gasteiger partial charge in [-0.25, -0.2) is 0 Å². The molecule has 3 nitrogen and oxygen atoms in total. The second-order valence-corrected chi connectivity index (χ2v) is 5.41. The van der Waals surface area contributed by atoms with Gasteiger partial charge in [0.05, 0.1) is 13.2 Å². The first-order valence-corrected chi connectivity index (χ1v) is 5.73. The molecule has 0 radical (unpaired) electrons. The van der Waals surface area contributed by atoms with Crippen molar-refractivity contribution in [2.45, 2.75) is 39.7 Å². The molecule has 0 aromatic rings. The number of aldehydes is 1. The summed E-state index contributed by atoms with van der Waals surface area (Å²) in [6.45, 7) is 11.8. The zero-order valence-electron chi connectivity index (χ0n) is 10.4. The summed E-state index contributed by atoms with van der Waals surface area (Å²) in [7, 11) is 0. The van der Waals surface area contributed by atoms with Crippen LogP contribution in [0.1, 0.15) is 34.1 Å². The van der Waals surface area contributed by atoms with Crippen molar-refractivity contribution < 1.29 is 9.53 Å². The van der Waals surface area contributed by atoms with E-state index < -0.39 is 0 Å². The van der Waals surface area contributed by atoms with Crippen molar-refractivity contribution in [3.8, 4) is 0 Å². The average molecular weight is 213 g/mol. The lowest BCUT2D eigenvalue weighted by atomic mass is 9.87. The second-order valence-electron chi connectivity index (χ2n) is 5.41. The molecule has 1 saturated heterocycles. The van der Waals surface area contributed by atoms with Gasteiger partial charge in [0.15, 0.2) is 0 Å². The molecule has 0 bridgehead atoms. The van der Waals surface area contributed by atoms with Gasteiger partial charge >= 0.3 is 0 Å². The number of carbonyl (C=O) groups excluding carboxylic acids is 1. The fraction of sp³-hybridized carbons (Fsp3) is 0.917. The molecule has 0 aromatic carbocycles. The van der Waals surface area contributed by atoms with E-state index in [1.165, 1.54) is 0 Å². The fourth-order valence-electron chi connectivity index (χ4n) is 1.85. The van der Waals surface area contributed by atoms with E-state index in [-0.39, 0.29) is 11.0 Å². The number of hydrogen-bond acceptors (Lipinski definition) is 3. The van der Waals surface area contributed by atoms with Crippen molar-refractivity contribution in [1.82, 2.24) is 4.90 Å². The van der Waals surface area contributed by atoms with Crippen molar-refractivity contribution in [2.24, 2.45) is 5.41 Å². The standard InChI is InChI=1S/C12H23NO2/c1-5-12(4,9-14)8-13-6-7-15-10-11(13,2)3/h9H,5-8,10H2,1-4H3. The molecule has 1 unspecified atom stereocenters. The first-order valence-electron chi connectivity index (χ1n) is 5.73. The molecule has 15 heavy (non-hydrogen) atoms. The number of ether oxygens (including phenoxy) is 1. The van der Waals surface area contributed by atoms with Gasteiger partial charge in [-0.2, -0.15) is 0 Å². The smallest absolute Gasteiger partial charge is 0.127 e. The van der Waals surface area contributed by atoms with E-state index in [0.29, 0.717) is 0 Å². The Morgan fingerprint density at radius 1 is 1.53 bits per heavy atom. The number of nitrogens with zero attached hydrogens (tertiary/aromatic N) is 1. The third-order valence-electron chi connectivity index (χ3n) is 3.46. The minimum absolute atomic E-state index is 0.0533. The predicted octanol–water partition coefficient (Wildman–Crippen LogP) is 1.71. The molecule has 0 saturated carbocycles. The number of rotatable bonds is 4. The molecule has 88 valence electrons. The minimum Gasteiger partial charge on any atom is -0.378 e. The maximum Gasteiger partial charge on any atom is 0.127 e. The summed E-state index contributed by atoms with van der Waals surface area (Å²) in [4.78, 5) is 13.5. The summed E-state index contributed by atoms with van der Waals surface area (Å²) < 4.78 is 5.47. The molecule has 1 rings (SSSR count). The highest BCUT2D eigenvalue weighted by Crippen LogP contribution is 2.26. The van der Waals surface area contributed by atoms with Crippen LogP contribution in [-0.2, 0) is 9.53 Å². The van der Waals surface area contributed by atoms with Crippen LogP contribution in [0.2, 0.25) is 0 Å². The van der Waals surface area contributed by atoms with Gasteiger partial charge in [-0.15, -0.1) is 0 Å². The Morgan fingerprint density at radius 2 is 2.20 bits per heavy atom. The van der Waals surface area contributed by atoms with Crippen molar-refractivity contribution >= 4 is 6.29 Å². The third-order valence-corrected chi connectivity index (χ3v) is 3.46. The van der Waals surface area contributed by atoms with Gasteiger partial charge in [-0.05, 0) is 20.3 Å². The Kier molecular flexibility index (Phi) is 3.90. The van der Waals surface area contributed by atoms with Crippen LogP contribution in [0.25, 0.3) is 0 Å². The molecule has 1 atom stereocenters. The predicted molar refractivity (Wildman–Crippen MR) is 60.9 cm³/mol. The highest BCUT2D eigenvalue weighted by atomic mass is 16.5. The summed E-state index contributed by atoms with van der Waals surface area (Å²) in [6.07, 6.45) is 1.99. The van der Waals surface area contributed by atoms with Crippen LogP contribution < -0.4 is 0 Å². The van der Waals surface area contributed by atoms with Crippen molar-refractivity contribution in [3.05, 3.63) is 0 Å². The highest BCUT2D eigenvalue weighted by Gasteiger charge is 2.35. The molecule has 1 aliphatic rings. The first-order chi connectivity index (χ1) is 6.93. The maximum atomic E-state index is 11.1. The van der Waals surface area contributed by atoms with Crippen LogP contribution in [-0.4, -0.2) is 43.0 Å². The Labute approximate surface area is 92.8 Å². The lowest BCUT2D eigenvalue weighted by molar-refractivity contribution is -0.120. The largest absolute Gasteiger partial charge is 0.378 e. The van der Waals surface area contributed by atoms with Crippen LogP contribution in [0.5, 0.6) is 0 Å². The molecule has 3 heteroatoms. The number of carbonyl (C=O) groups is 1. The quantitative estimate of drug-likeness (QED) is 0.666. The lowest BCUT2D eigenvalue weighted by Crippen LogP contribution is -2.56. The zero-order valence-corrected chi connectivity index (χ0v) is 10.4. The molecule has 0 amide bonds. The highest BCUT2D eigenvalue weighted by molar-refractivity contribution is 5.58. The molecule has 0 aliphatic carbocycles. The maximum absolute atomic E-state index is 11.1. The molecular formula is C12H23NO2. The van der Waals surface area contributed by atoms with Crippen LogP contribution in [0.15, 0.2) is 0 Å². The van der Waals surface area contributed by atoms with Gasteiger partial charge in [0, 0.05) is 24.0 Å². The van der Waals surface area contributed by atoms with Crippen LogP contribution in [0, 0.1) is 5.41 Å². The summed E-state index contributed by atoms with van der Waals surface area (Å²) in [5.41, 5.74) is -0.160. The Balaban J connectivity index is 2.66. The van der Waals surface area contributed by atoms with Crippen molar-refractivity contribution in [2.75, 3.05) is 26.3 Å². The number of hydrogen-bond donors (Lipinski definition) is 0. The molecule has 0 N–H and O–H groups in total. The van der Waals surface area contributed by atoms with E-state index >= 15 is 0 Å². The number of morpholine rings is 1. The van der Waals surface area contributed by atoms with Gasteiger partial charge in [0.2, 0.25) is 0 Å². The van der Waals surface area contributed by atoms with Crippen molar-refractivity contribution in [1.29, 1.82) is 0 Å². The van der Waals surface area contributed by atoms with E-state index in [2.05, 4.69) is 25.7 Å². The minimum atomic E-state index is -0.214. The van der Waals surface area contributed by atoms with Gasteiger partial charge in [-0.1, -0.05) is 13.8 Å². The Bertz CT molecular complexity index is 228. The van der Waals surface area contributed by atoms with E-state index in [9.17, 15) is 4.79 Å². The van der Waals surface area contributed by atoms with Crippen molar-refractivity contribution in [3.63, 3.8) is 0 Å². The van der Waals surface area contributed by atoms with Crippen LogP contribution >= 0.6 is 0 Å². The van der Waals surface area contributed by atoms with Crippen LogP contribution in [0.3, 0.4) is 0 Å². The van der Waals surface area contributed by atoms with Gasteiger partial charge in [0.25, 0.3) is 0 Å². The monoisotopic (exact) mass is 213 g/mol. The molecule has 1 heterocycles. The summed E-state index contributed by atoms with van der Waals surface area (Å²) in [5.74, 6) is 0. The van der Waals surface area contributed by atoms with Gasteiger partial charge in [-0.3, -0.25) is 4.90 Å². The Hall–Kier alpha value is -0.410. The molecule has 0 spiro atoms. The van der Waals surface area contributed by atoms with Crippen LogP contribution in [0.4, 0.5) is 0 Å². The SMILES string of the molecule is CCC(C)(C=O)CN1CCOCC1(C)C. The third kappa shape index (κ3) is 3.02. The van der Waals surface area contributed by atoms with E-state index in [4.69, 9.17) is 4.74 Å². The van der Waals surface area contributed by atoms with E-state index in [0.717, 1.165) is 39.0 Å². The van der Waals surface area contributed by atoms with E-state index in [1.807, 2.05) is 6.92 Å². The second kappa shape index (κ2) is 4.62. The molecule has 0 aromatic heterocycles. The van der Waals surface area contributed by atoms with Gasteiger partial charge < -0.3 is 9.53 Å². The summed E-state index contributed by atoms with van der Waals surface area (Å²) in [6, 6.07) is 0. The average Bonchev–Trinajstić information content (AvgIpc) is 2.21. The zero-order chi connectivity index (χ0) is 11.5. The topological polar surface area (TPSA) is 29.5 Å². The molecule has 1 aliphatic heterocycles. The normalized spacial score (nSPS) is 25.9. The summed E-state index contributed by atoms with van der Waals surface area (Å²) >= 11 is 0. The first kappa shape index (κ1) is 12.7. The van der Waals surface area contributed by atoms with Gasteiger partial charge in [0.1, 0.15) is 6.29 Å². The van der Waals surface area contributed by atoms with E-state index in [1.54, 1.807) is 0 Å². The fourth-order valence-corrected chi connectivity index (χ4v) is 1.85. The summed E-state index contributed by atoms with van der Waals surface area (Å²) in [5, 5.41) is 0. The Morgan fingerprint density at radius 3 is 2.67 bits per heavy atom.